The van der Waals surface area contributed by atoms with Gasteiger partial charge in [-0.05, 0) is 24.3 Å². The molecule has 0 unspecified atom stereocenters. The molecule has 3 aromatic rings. The van der Waals surface area contributed by atoms with E-state index in [0.717, 1.165) is 4.68 Å². The van der Waals surface area contributed by atoms with Crippen LogP contribution in [-0.4, -0.2) is 22.3 Å². The monoisotopic (exact) mass is 368 g/mol. The standard InChI is InChI=1S/C16H11Cl2FN2O3/c17-8-9-23-13-7-2-1-6-12(13)21-16(22)24-15(20-21)14-10(18)4-3-5-11(14)19/h1-7H,8-9H2. The minimum Gasteiger partial charge on any atom is -0.490 e. The Kier molecular flexibility index (Phi) is 4.87. The van der Waals surface area contributed by atoms with Crippen molar-refractivity contribution >= 4 is 23.2 Å². The van der Waals surface area contributed by atoms with E-state index in [0.29, 0.717) is 11.4 Å². The van der Waals surface area contributed by atoms with Gasteiger partial charge >= 0.3 is 5.76 Å². The van der Waals surface area contributed by atoms with Gasteiger partial charge in [0.15, 0.2) is 0 Å². The van der Waals surface area contributed by atoms with Gasteiger partial charge in [-0.25, -0.2) is 9.18 Å². The molecule has 2 aromatic carbocycles. The van der Waals surface area contributed by atoms with Crippen LogP contribution in [0.2, 0.25) is 5.02 Å². The summed E-state index contributed by atoms with van der Waals surface area (Å²) in [6.45, 7) is 0.261. The maximum Gasteiger partial charge on any atom is 0.442 e. The molecule has 0 saturated carbocycles. The van der Waals surface area contributed by atoms with Crippen LogP contribution in [0, 0.1) is 5.82 Å². The molecule has 1 aromatic heterocycles. The van der Waals surface area contributed by atoms with Crippen molar-refractivity contribution in [2.24, 2.45) is 0 Å². The van der Waals surface area contributed by atoms with Crippen molar-refractivity contribution in [2.45, 2.75) is 0 Å². The third kappa shape index (κ3) is 3.16. The van der Waals surface area contributed by atoms with Crippen molar-refractivity contribution in [1.82, 2.24) is 9.78 Å². The maximum atomic E-state index is 14.0. The Hall–Kier alpha value is -2.31. The molecule has 8 heteroatoms. The summed E-state index contributed by atoms with van der Waals surface area (Å²) in [4.78, 5) is 12.1. The lowest BCUT2D eigenvalue weighted by atomic mass is 10.2. The number of rotatable bonds is 5. The summed E-state index contributed by atoms with van der Waals surface area (Å²) in [5.41, 5.74) is 0.282. The van der Waals surface area contributed by atoms with E-state index in [2.05, 4.69) is 5.10 Å². The van der Waals surface area contributed by atoms with Crippen molar-refractivity contribution < 1.29 is 13.5 Å². The first kappa shape index (κ1) is 16.5. The van der Waals surface area contributed by atoms with E-state index in [1.54, 1.807) is 24.3 Å². The topological polar surface area (TPSA) is 57.3 Å². The molecular formula is C16H11Cl2FN2O3. The van der Waals surface area contributed by atoms with Gasteiger partial charge < -0.3 is 9.15 Å². The number of ether oxygens (including phenoxy) is 1. The molecule has 0 bridgehead atoms. The average molecular weight is 369 g/mol. The van der Waals surface area contributed by atoms with Crippen LogP contribution in [0.5, 0.6) is 5.75 Å². The molecule has 124 valence electrons. The Morgan fingerprint density at radius 1 is 1.21 bits per heavy atom. The summed E-state index contributed by atoms with van der Waals surface area (Å²) in [6, 6.07) is 10.9. The van der Waals surface area contributed by atoms with Crippen LogP contribution in [0.15, 0.2) is 51.7 Å². The molecule has 5 nitrogen and oxygen atoms in total. The van der Waals surface area contributed by atoms with Crippen molar-refractivity contribution in [3.8, 4) is 22.9 Å². The van der Waals surface area contributed by atoms with Crippen molar-refractivity contribution in [2.75, 3.05) is 12.5 Å². The fraction of sp³-hybridized carbons (Fsp3) is 0.125. The highest BCUT2D eigenvalue weighted by molar-refractivity contribution is 6.33. The molecule has 0 amide bonds. The molecule has 0 aliphatic carbocycles. The Bertz CT molecular complexity index is 903. The summed E-state index contributed by atoms with van der Waals surface area (Å²) in [7, 11) is 0. The number of benzene rings is 2. The molecule has 1 heterocycles. The van der Waals surface area contributed by atoms with E-state index in [1.165, 1.54) is 18.2 Å². The van der Waals surface area contributed by atoms with Crippen LogP contribution in [0.3, 0.4) is 0 Å². The Labute approximate surface area is 146 Å². The van der Waals surface area contributed by atoms with Crippen LogP contribution < -0.4 is 10.5 Å². The SMILES string of the molecule is O=c1oc(-c2c(F)cccc2Cl)nn1-c1ccccc1OCCCl. The number of para-hydroxylation sites is 2. The van der Waals surface area contributed by atoms with Gasteiger partial charge in [-0.3, -0.25) is 0 Å². The highest BCUT2D eigenvalue weighted by Gasteiger charge is 2.19. The zero-order valence-electron chi connectivity index (χ0n) is 12.2. The summed E-state index contributed by atoms with van der Waals surface area (Å²) in [5, 5.41) is 4.13. The van der Waals surface area contributed by atoms with Crippen LogP contribution in [0.25, 0.3) is 17.1 Å². The molecular weight excluding hydrogens is 358 g/mol. The highest BCUT2D eigenvalue weighted by atomic mass is 35.5. The largest absolute Gasteiger partial charge is 0.490 e. The van der Waals surface area contributed by atoms with E-state index in [-0.39, 0.29) is 29.0 Å². The van der Waals surface area contributed by atoms with Gasteiger partial charge in [0.1, 0.15) is 23.9 Å². The van der Waals surface area contributed by atoms with Crippen molar-refractivity contribution in [3.63, 3.8) is 0 Å². The molecule has 0 atom stereocenters. The number of hydrogen-bond donors (Lipinski definition) is 0. The zero-order valence-corrected chi connectivity index (χ0v) is 13.7. The first-order valence-corrected chi connectivity index (χ1v) is 7.86. The third-order valence-electron chi connectivity index (χ3n) is 3.15. The van der Waals surface area contributed by atoms with E-state index >= 15 is 0 Å². The van der Waals surface area contributed by atoms with Crippen LogP contribution in [0.4, 0.5) is 4.39 Å². The molecule has 24 heavy (non-hydrogen) atoms. The Balaban J connectivity index is 2.10. The average Bonchev–Trinajstić information content (AvgIpc) is 2.94. The molecule has 0 aliphatic heterocycles. The van der Waals surface area contributed by atoms with E-state index in [4.69, 9.17) is 32.4 Å². The quantitative estimate of drug-likeness (QED) is 0.640. The smallest absolute Gasteiger partial charge is 0.442 e. The van der Waals surface area contributed by atoms with Crippen LogP contribution >= 0.6 is 23.2 Å². The third-order valence-corrected chi connectivity index (χ3v) is 3.62. The van der Waals surface area contributed by atoms with E-state index in [1.807, 2.05) is 0 Å². The zero-order chi connectivity index (χ0) is 17.1. The fourth-order valence-electron chi connectivity index (χ4n) is 2.14. The second-order valence-electron chi connectivity index (χ2n) is 4.69. The number of alkyl halides is 1. The second-order valence-corrected chi connectivity index (χ2v) is 5.47. The van der Waals surface area contributed by atoms with Gasteiger partial charge in [0.2, 0.25) is 0 Å². The number of nitrogens with zero attached hydrogens (tertiary/aromatic N) is 2. The number of hydrogen-bond acceptors (Lipinski definition) is 4. The van der Waals surface area contributed by atoms with Gasteiger partial charge in [-0.2, -0.15) is 4.68 Å². The first-order valence-electron chi connectivity index (χ1n) is 6.94. The summed E-state index contributed by atoms with van der Waals surface area (Å²) < 4.78 is 25.5. The van der Waals surface area contributed by atoms with Crippen molar-refractivity contribution in [3.05, 3.63) is 63.9 Å². The van der Waals surface area contributed by atoms with Gasteiger partial charge in [0.25, 0.3) is 5.89 Å². The molecule has 0 aliphatic rings. The van der Waals surface area contributed by atoms with Gasteiger partial charge in [0, 0.05) is 0 Å². The van der Waals surface area contributed by atoms with Crippen LogP contribution in [0.1, 0.15) is 0 Å². The number of aromatic nitrogens is 2. The van der Waals surface area contributed by atoms with Crippen molar-refractivity contribution in [1.29, 1.82) is 0 Å². The summed E-state index contributed by atoms with van der Waals surface area (Å²) >= 11 is 11.6. The Morgan fingerprint density at radius 3 is 2.75 bits per heavy atom. The normalized spacial score (nSPS) is 10.8. The molecule has 3 rings (SSSR count). The Morgan fingerprint density at radius 2 is 2.00 bits per heavy atom. The predicted octanol–water partition coefficient (Wildman–Crippen LogP) is 3.90. The lowest BCUT2D eigenvalue weighted by Gasteiger charge is -2.08. The highest BCUT2D eigenvalue weighted by Crippen LogP contribution is 2.29. The van der Waals surface area contributed by atoms with Gasteiger partial charge in [0.05, 0.1) is 16.5 Å². The maximum absolute atomic E-state index is 14.0. The molecule has 0 saturated heterocycles. The number of halogens is 3. The molecule has 0 N–H and O–H groups in total. The van der Waals surface area contributed by atoms with Crippen LogP contribution in [-0.2, 0) is 0 Å². The summed E-state index contributed by atoms with van der Waals surface area (Å²) in [6.07, 6.45) is 0. The fourth-order valence-corrected chi connectivity index (χ4v) is 2.46. The molecule has 0 fully saturated rings. The molecule has 0 spiro atoms. The van der Waals surface area contributed by atoms with Gasteiger partial charge in [-0.1, -0.05) is 29.8 Å². The first-order chi connectivity index (χ1) is 11.6. The second kappa shape index (κ2) is 7.07. The lowest BCUT2D eigenvalue weighted by molar-refractivity contribution is 0.340. The summed E-state index contributed by atoms with van der Waals surface area (Å²) in [5.74, 6) is -0.943. The predicted molar refractivity (Wildman–Crippen MR) is 88.7 cm³/mol. The van der Waals surface area contributed by atoms with E-state index < -0.39 is 11.6 Å². The van der Waals surface area contributed by atoms with E-state index in [9.17, 15) is 9.18 Å². The lowest BCUT2D eigenvalue weighted by Crippen LogP contribution is -2.15. The van der Waals surface area contributed by atoms with Gasteiger partial charge in [-0.15, -0.1) is 16.7 Å². The minimum atomic E-state index is -0.786. The minimum absolute atomic E-state index is 0.0748. The molecule has 0 radical (unpaired) electrons.